The predicted octanol–water partition coefficient (Wildman–Crippen LogP) is 1.97. The molecule has 0 aromatic rings. The van der Waals surface area contributed by atoms with E-state index in [0.717, 1.165) is 0 Å². The summed E-state index contributed by atoms with van der Waals surface area (Å²) in [6.07, 6.45) is -2.09. The minimum absolute atomic E-state index is 0.217. The number of hydrogen-bond donors (Lipinski definition) is 1. The van der Waals surface area contributed by atoms with Gasteiger partial charge in [-0.05, 0) is 41.5 Å². The molecule has 1 amide bonds. The number of nitrogens with zero attached hydrogens (tertiary/aromatic N) is 2. The molecule has 0 aliphatic carbocycles. The summed E-state index contributed by atoms with van der Waals surface area (Å²) >= 11 is 1.30. The van der Waals surface area contributed by atoms with Crippen LogP contribution in [0.15, 0.2) is 4.99 Å². The van der Waals surface area contributed by atoms with E-state index in [0.29, 0.717) is 5.17 Å². The van der Waals surface area contributed by atoms with Crippen LogP contribution in [0.3, 0.4) is 0 Å². The highest BCUT2D eigenvalue weighted by atomic mass is 32.2. The number of aliphatic hydroxyl groups is 1. The monoisotopic (exact) mass is 432 g/mol. The van der Waals surface area contributed by atoms with E-state index in [9.17, 15) is 9.90 Å². The Balaban J connectivity index is 1.86. The first-order valence-corrected chi connectivity index (χ1v) is 10.6. The third kappa shape index (κ3) is 4.15. The molecule has 3 aliphatic heterocycles. The normalized spacial score (nSPS) is 38.7. The summed E-state index contributed by atoms with van der Waals surface area (Å²) < 4.78 is 29.8. The van der Waals surface area contributed by atoms with Gasteiger partial charge in [0.05, 0.1) is 6.61 Å². The van der Waals surface area contributed by atoms with Gasteiger partial charge in [0.2, 0.25) is 0 Å². The zero-order chi connectivity index (χ0) is 21.8. The number of rotatable bonds is 2. The average molecular weight is 433 g/mol. The molecule has 0 unspecified atom stereocenters. The molecule has 10 heteroatoms. The van der Waals surface area contributed by atoms with Crippen molar-refractivity contribution in [2.75, 3.05) is 20.8 Å². The van der Waals surface area contributed by atoms with Crippen LogP contribution in [0.1, 0.15) is 41.5 Å². The van der Waals surface area contributed by atoms with E-state index in [2.05, 4.69) is 0 Å². The number of amides is 1. The maximum Gasteiger partial charge on any atom is 0.416 e. The SMILES string of the molecule is CO[C@@]1(C)O[C@@H]2[C@H]3N=C(N(C)C(=O)OC(C)(C)C)S[C@H]3O[C@H](CO)[C@H]2OC1(C)C. The quantitative estimate of drug-likeness (QED) is 0.707. The smallest absolute Gasteiger partial charge is 0.416 e. The fourth-order valence-electron chi connectivity index (χ4n) is 3.53. The maximum absolute atomic E-state index is 12.4. The summed E-state index contributed by atoms with van der Waals surface area (Å²) in [5, 5.41) is 10.3. The molecule has 0 aromatic carbocycles. The summed E-state index contributed by atoms with van der Waals surface area (Å²) in [6.45, 7) is 10.8. The summed E-state index contributed by atoms with van der Waals surface area (Å²) in [5.41, 5.74) is -1.80. The minimum Gasteiger partial charge on any atom is -0.443 e. The second-order valence-corrected chi connectivity index (χ2v) is 10.2. The zero-order valence-corrected chi connectivity index (χ0v) is 19.1. The first kappa shape index (κ1) is 22.8. The Labute approximate surface area is 176 Å². The molecular weight excluding hydrogens is 400 g/mol. The zero-order valence-electron chi connectivity index (χ0n) is 18.3. The summed E-state index contributed by atoms with van der Waals surface area (Å²) in [7, 11) is 3.18. The molecule has 3 heterocycles. The van der Waals surface area contributed by atoms with Crippen LogP contribution < -0.4 is 0 Å². The number of methoxy groups -OCH3 is 1. The van der Waals surface area contributed by atoms with Gasteiger partial charge in [0.1, 0.15) is 41.0 Å². The van der Waals surface area contributed by atoms with Crippen LogP contribution in [0, 0.1) is 0 Å². The molecular formula is C19H32N2O7S. The average Bonchev–Trinajstić information content (AvgIpc) is 3.04. The van der Waals surface area contributed by atoms with E-state index >= 15 is 0 Å². The highest BCUT2D eigenvalue weighted by Gasteiger charge is 2.61. The largest absolute Gasteiger partial charge is 0.443 e. The minimum atomic E-state index is -1.00. The van der Waals surface area contributed by atoms with E-state index in [1.54, 1.807) is 14.2 Å². The Kier molecular flexibility index (Phi) is 6.01. The van der Waals surface area contributed by atoms with Crippen LogP contribution in [0.2, 0.25) is 0 Å². The number of aliphatic hydroxyl groups excluding tert-OH is 1. The van der Waals surface area contributed by atoms with Crippen LogP contribution in [-0.4, -0.2) is 88.8 Å². The number of thioether (sulfide) groups is 1. The number of carbonyl (C=O) groups is 1. The van der Waals surface area contributed by atoms with Crippen LogP contribution in [0.25, 0.3) is 0 Å². The van der Waals surface area contributed by atoms with Crippen molar-refractivity contribution in [1.82, 2.24) is 4.90 Å². The molecule has 1 N–H and O–H groups in total. The van der Waals surface area contributed by atoms with Gasteiger partial charge < -0.3 is 28.8 Å². The van der Waals surface area contributed by atoms with Crippen LogP contribution in [0.5, 0.6) is 0 Å². The van der Waals surface area contributed by atoms with Crippen molar-refractivity contribution in [2.24, 2.45) is 4.99 Å². The molecule has 0 radical (unpaired) electrons. The van der Waals surface area contributed by atoms with Crippen molar-refractivity contribution in [2.45, 2.75) is 88.3 Å². The standard InChI is InChI=1S/C19H32N2O7S/c1-17(2,3)28-16(23)21(7)15-20-11-13-12(10(9-22)25-14(11)29-15)26-18(4,5)19(6,24-8)27-13/h10-14,22H,9H2,1-8H3/t10-,11-,12-,13-,14-,19+/m1/s1. The van der Waals surface area contributed by atoms with E-state index in [-0.39, 0.29) is 6.61 Å². The molecule has 166 valence electrons. The highest BCUT2D eigenvalue weighted by Crippen LogP contribution is 2.47. The highest BCUT2D eigenvalue weighted by molar-refractivity contribution is 8.14. The molecule has 0 saturated carbocycles. The number of aliphatic imine (C=N–C) groups is 1. The Hall–Kier alpha value is -0.910. The molecule has 0 bridgehead atoms. The summed E-state index contributed by atoms with van der Waals surface area (Å²) in [4.78, 5) is 18.5. The molecule has 0 spiro atoms. The number of amidine groups is 1. The van der Waals surface area contributed by atoms with Gasteiger partial charge in [0, 0.05) is 14.2 Å². The van der Waals surface area contributed by atoms with Gasteiger partial charge >= 0.3 is 6.09 Å². The molecule has 9 nitrogen and oxygen atoms in total. The van der Waals surface area contributed by atoms with Crippen molar-refractivity contribution in [3.05, 3.63) is 0 Å². The van der Waals surface area contributed by atoms with Crippen molar-refractivity contribution in [3.8, 4) is 0 Å². The van der Waals surface area contributed by atoms with Gasteiger partial charge in [0.15, 0.2) is 11.0 Å². The van der Waals surface area contributed by atoms with Crippen LogP contribution >= 0.6 is 11.8 Å². The number of ether oxygens (including phenoxy) is 5. The Morgan fingerprint density at radius 2 is 1.93 bits per heavy atom. The second-order valence-electron chi connectivity index (χ2n) is 9.11. The lowest BCUT2D eigenvalue weighted by Gasteiger charge is -2.56. The molecule has 2 saturated heterocycles. The molecule has 2 fully saturated rings. The molecule has 3 rings (SSSR count). The van der Waals surface area contributed by atoms with E-state index in [1.165, 1.54) is 16.7 Å². The van der Waals surface area contributed by atoms with Gasteiger partial charge in [-0.3, -0.25) is 9.89 Å². The topological polar surface area (TPSA) is 99.1 Å². The molecule has 3 aliphatic rings. The summed E-state index contributed by atoms with van der Waals surface area (Å²) in [6, 6.07) is -0.418. The number of hydrogen-bond acceptors (Lipinski definition) is 9. The molecule has 0 aromatic heterocycles. The van der Waals surface area contributed by atoms with Crippen molar-refractivity contribution in [1.29, 1.82) is 0 Å². The Bertz CT molecular complexity index is 680. The first-order chi connectivity index (χ1) is 13.3. The van der Waals surface area contributed by atoms with Gasteiger partial charge in [-0.15, -0.1) is 0 Å². The number of carbonyl (C=O) groups excluding carboxylic acids is 1. The lowest BCUT2D eigenvalue weighted by Crippen LogP contribution is -2.70. The maximum atomic E-state index is 12.4. The number of fused-ring (bicyclic) bond motifs is 3. The third-order valence-corrected chi connectivity index (χ3v) is 6.72. The van der Waals surface area contributed by atoms with Crippen LogP contribution in [-0.2, 0) is 23.7 Å². The fourth-order valence-corrected chi connectivity index (χ4v) is 4.70. The van der Waals surface area contributed by atoms with Crippen molar-refractivity contribution in [3.63, 3.8) is 0 Å². The lowest BCUT2D eigenvalue weighted by molar-refractivity contribution is -0.404. The van der Waals surface area contributed by atoms with E-state index in [4.69, 9.17) is 28.7 Å². The molecule has 29 heavy (non-hydrogen) atoms. The van der Waals surface area contributed by atoms with Gasteiger partial charge in [0.25, 0.3) is 0 Å². The Morgan fingerprint density at radius 3 is 2.48 bits per heavy atom. The van der Waals surface area contributed by atoms with Crippen LogP contribution in [0.4, 0.5) is 4.79 Å². The van der Waals surface area contributed by atoms with E-state index < -0.39 is 52.9 Å². The van der Waals surface area contributed by atoms with Crippen molar-refractivity contribution < 1.29 is 33.6 Å². The van der Waals surface area contributed by atoms with Gasteiger partial charge in [-0.25, -0.2) is 4.79 Å². The molecule has 6 atom stereocenters. The predicted molar refractivity (Wildman–Crippen MR) is 108 cm³/mol. The Morgan fingerprint density at radius 1 is 1.28 bits per heavy atom. The van der Waals surface area contributed by atoms with E-state index in [1.807, 2.05) is 41.5 Å². The first-order valence-electron chi connectivity index (χ1n) is 9.70. The second kappa shape index (κ2) is 7.65. The van der Waals surface area contributed by atoms with Gasteiger partial charge in [-0.2, -0.15) is 0 Å². The lowest BCUT2D eigenvalue weighted by atomic mass is 9.89. The summed E-state index contributed by atoms with van der Waals surface area (Å²) in [5.74, 6) is -1.00. The van der Waals surface area contributed by atoms with Crippen molar-refractivity contribution >= 4 is 23.0 Å². The third-order valence-electron chi connectivity index (χ3n) is 5.50. The fraction of sp³-hybridized carbons (Fsp3) is 0.895. The van der Waals surface area contributed by atoms with Gasteiger partial charge in [-0.1, -0.05) is 11.8 Å².